The molecule has 0 saturated heterocycles. The third-order valence-corrected chi connectivity index (χ3v) is 3.68. The van der Waals surface area contributed by atoms with Crippen molar-refractivity contribution < 1.29 is 13.2 Å². The Morgan fingerprint density at radius 3 is 2.24 bits per heavy atom. The first-order valence-electron chi connectivity index (χ1n) is 6.58. The molecule has 1 N–H and O–H groups in total. The van der Waals surface area contributed by atoms with Crippen LogP contribution in [0.15, 0.2) is 30.3 Å². The molecule has 0 heterocycles. The van der Waals surface area contributed by atoms with Gasteiger partial charge in [0.2, 0.25) is 0 Å². The van der Waals surface area contributed by atoms with Gasteiger partial charge in [0.25, 0.3) is 0 Å². The summed E-state index contributed by atoms with van der Waals surface area (Å²) in [5.41, 5.74) is 1.28. The van der Waals surface area contributed by atoms with E-state index in [0.29, 0.717) is 29.3 Å². The van der Waals surface area contributed by atoms with Crippen LogP contribution >= 0.6 is 11.6 Å². The van der Waals surface area contributed by atoms with E-state index in [2.05, 4.69) is 5.32 Å². The molecule has 1 unspecified atom stereocenters. The normalized spacial score (nSPS) is 12.5. The molecule has 0 saturated carbocycles. The van der Waals surface area contributed by atoms with Crippen LogP contribution in [-0.4, -0.2) is 6.54 Å². The molecule has 0 spiro atoms. The number of benzene rings is 2. The number of aryl methyl sites for hydroxylation is 1. The van der Waals surface area contributed by atoms with Gasteiger partial charge in [-0.2, -0.15) is 0 Å². The molecule has 0 aromatic heterocycles. The first-order chi connectivity index (χ1) is 9.93. The second kappa shape index (κ2) is 6.50. The maximum absolute atomic E-state index is 14.0. The minimum Gasteiger partial charge on any atom is -0.306 e. The number of hydrogen-bond acceptors (Lipinski definition) is 1. The van der Waals surface area contributed by atoms with Crippen LogP contribution in [0.4, 0.5) is 13.2 Å². The summed E-state index contributed by atoms with van der Waals surface area (Å²) in [5.74, 6) is -2.78. The van der Waals surface area contributed by atoms with Gasteiger partial charge in [0.15, 0.2) is 0 Å². The van der Waals surface area contributed by atoms with Gasteiger partial charge in [-0.15, -0.1) is 0 Å². The molecule has 0 aliphatic carbocycles. The largest absolute Gasteiger partial charge is 0.306 e. The lowest BCUT2D eigenvalue weighted by atomic mass is 9.96. The van der Waals surface area contributed by atoms with Gasteiger partial charge in [0, 0.05) is 22.7 Å². The SMILES string of the molecule is CCNC(c1ccc(C)c(Cl)c1)c1c(F)cc(F)cc1F. The average molecular weight is 314 g/mol. The average Bonchev–Trinajstić information content (AvgIpc) is 2.40. The lowest BCUT2D eigenvalue weighted by Crippen LogP contribution is -2.24. The predicted octanol–water partition coefficient (Wildman–Crippen LogP) is 4.76. The van der Waals surface area contributed by atoms with Crippen LogP contribution in [0, 0.1) is 24.4 Å². The summed E-state index contributed by atoms with van der Waals surface area (Å²) in [6.45, 7) is 4.15. The van der Waals surface area contributed by atoms with Gasteiger partial charge in [0.05, 0.1) is 6.04 Å². The molecule has 112 valence electrons. The Balaban J connectivity index is 2.55. The van der Waals surface area contributed by atoms with E-state index in [9.17, 15) is 13.2 Å². The quantitative estimate of drug-likeness (QED) is 0.857. The highest BCUT2D eigenvalue weighted by Gasteiger charge is 2.22. The van der Waals surface area contributed by atoms with E-state index >= 15 is 0 Å². The maximum Gasteiger partial charge on any atom is 0.134 e. The van der Waals surface area contributed by atoms with E-state index in [0.717, 1.165) is 5.56 Å². The summed E-state index contributed by atoms with van der Waals surface area (Å²) in [6, 6.07) is 5.82. The maximum atomic E-state index is 14.0. The van der Waals surface area contributed by atoms with Gasteiger partial charge < -0.3 is 5.32 Å². The van der Waals surface area contributed by atoms with Crippen LogP contribution in [0.25, 0.3) is 0 Å². The molecule has 1 nitrogen and oxygen atoms in total. The van der Waals surface area contributed by atoms with Crippen molar-refractivity contribution in [3.8, 4) is 0 Å². The van der Waals surface area contributed by atoms with Gasteiger partial charge in [0.1, 0.15) is 17.5 Å². The Kier molecular flexibility index (Phi) is 4.91. The highest BCUT2D eigenvalue weighted by molar-refractivity contribution is 6.31. The van der Waals surface area contributed by atoms with Gasteiger partial charge >= 0.3 is 0 Å². The molecule has 2 aromatic carbocycles. The lowest BCUT2D eigenvalue weighted by Gasteiger charge is -2.21. The van der Waals surface area contributed by atoms with Crippen molar-refractivity contribution in [2.24, 2.45) is 0 Å². The number of halogens is 4. The third kappa shape index (κ3) is 3.39. The first-order valence-corrected chi connectivity index (χ1v) is 6.95. The predicted molar refractivity (Wildman–Crippen MR) is 78.0 cm³/mol. The fraction of sp³-hybridized carbons (Fsp3) is 0.250. The van der Waals surface area contributed by atoms with Crippen molar-refractivity contribution in [3.05, 3.63) is 69.5 Å². The highest BCUT2D eigenvalue weighted by Crippen LogP contribution is 2.30. The Morgan fingerprint density at radius 1 is 1.10 bits per heavy atom. The molecule has 5 heteroatoms. The summed E-state index contributed by atoms with van der Waals surface area (Å²) in [6.07, 6.45) is 0. The molecule has 0 fully saturated rings. The van der Waals surface area contributed by atoms with Crippen molar-refractivity contribution in [2.45, 2.75) is 19.9 Å². The Labute approximate surface area is 126 Å². The minimum absolute atomic E-state index is 0.210. The second-order valence-electron chi connectivity index (χ2n) is 4.78. The van der Waals surface area contributed by atoms with Crippen LogP contribution in [0.1, 0.15) is 29.7 Å². The van der Waals surface area contributed by atoms with E-state index < -0.39 is 23.5 Å². The molecule has 0 radical (unpaired) electrons. The third-order valence-electron chi connectivity index (χ3n) is 3.27. The van der Waals surface area contributed by atoms with E-state index in [1.165, 1.54) is 0 Å². The fourth-order valence-electron chi connectivity index (χ4n) is 2.21. The zero-order valence-corrected chi connectivity index (χ0v) is 12.4. The second-order valence-corrected chi connectivity index (χ2v) is 5.19. The zero-order valence-electron chi connectivity index (χ0n) is 11.7. The van der Waals surface area contributed by atoms with Gasteiger partial charge in [-0.1, -0.05) is 30.7 Å². The first kappa shape index (κ1) is 15.9. The summed E-state index contributed by atoms with van der Waals surface area (Å²) < 4.78 is 41.0. The number of rotatable bonds is 4. The van der Waals surface area contributed by atoms with Crippen molar-refractivity contribution in [1.29, 1.82) is 0 Å². The topological polar surface area (TPSA) is 12.0 Å². The zero-order chi connectivity index (χ0) is 15.6. The highest BCUT2D eigenvalue weighted by atomic mass is 35.5. The van der Waals surface area contributed by atoms with E-state index in [-0.39, 0.29) is 5.56 Å². The molecule has 0 aliphatic rings. The van der Waals surface area contributed by atoms with Gasteiger partial charge in [-0.05, 0) is 30.7 Å². The van der Waals surface area contributed by atoms with Gasteiger partial charge in [-0.25, -0.2) is 13.2 Å². The molecular weight excluding hydrogens is 299 g/mol. The molecule has 2 aromatic rings. The lowest BCUT2D eigenvalue weighted by molar-refractivity contribution is 0.492. The number of hydrogen-bond donors (Lipinski definition) is 1. The number of nitrogens with one attached hydrogen (secondary N) is 1. The van der Waals surface area contributed by atoms with E-state index in [1.54, 1.807) is 18.2 Å². The van der Waals surface area contributed by atoms with Crippen molar-refractivity contribution in [3.63, 3.8) is 0 Å². The van der Waals surface area contributed by atoms with Crippen LogP contribution in [0.3, 0.4) is 0 Å². The van der Waals surface area contributed by atoms with Crippen LogP contribution in [0.5, 0.6) is 0 Å². The molecule has 0 aliphatic heterocycles. The van der Waals surface area contributed by atoms with Crippen LogP contribution in [-0.2, 0) is 0 Å². The van der Waals surface area contributed by atoms with Crippen molar-refractivity contribution in [1.82, 2.24) is 5.32 Å². The Hall–Kier alpha value is -1.52. The monoisotopic (exact) mass is 313 g/mol. The van der Waals surface area contributed by atoms with Crippen molar-refractivity contribution >= 4 is 11.6 Å². The standard InChI is InChI=1S/C16H15ClF3N/c1-3-21-16(10-5-4-9(2)12(17)6-10)15-13(19)7-11(18)8-14(15)20/h4-8,16,21H,3H2,1-2H3. The molecule has 2 rings (SSSR count). The van der Waals surface area contributed by atoms with Crippen molar-refractivity contribution in [2.75, 3.05) is 6.54 Å². The molecule has 21 heavy (non-hydrogen) atoms. The fourth-order valence-corrected chi connectivity index (χ4v) is 2.40. The van der Waals surface area contributed by atoms with Gasteiger partial charge in [-0.3, -0.25) is 0 Å². The minimum atomic E-state index is -0.939. The summed E-state index contributed by atoms with van der Waals surface area (Å²) in [5, 5.41) is 3.51. The summed E-state index contributed by atoms with van der Waals surface area (Å²) >= 11 is 6.08. The molecular formula is C16H15ClF3N. The molecule has 0 amide bonds. The Bertz CT molecular complexity index is 635. The Morgan fingerprint density at radius 2 is 1.71 bits per heavy atom. The molecule has 1 atom stereocenters. The van der Waals surface area contributed by atoms with Crippen LogP contribution in [0.2, 0.25) is 5.02 Å². The van der Waals surface area contributed by atoms with Crippen LogP contribution < -0.4 is 5.32 Å². The smallest absolute Gasteiger partial charge is 0.134 e. The summed E-state index contributed by atoms with van der Waals surface area (Å²) in [7, 11) is 0. The molecule has 0 bridgehead atoms. The van der Waals surface area contributed by atoms with E-state index in [4.69, 9.17) is 11.6 Å². The van der Waals surface area contributed by atoms with E-state index in [1.807, 2.05) is 13.8 Å². The summed E-state index contributed by atoms with van der Waals surface area (Å²) in [4.78, 5) is 0.